The van der Waals surface area contributed by atoms with Crippen LogP contribution in [0.15, 0.2) is 30.5 Å². The minimum Gasteiger partial charge on any atom is -0.378 e. The normalized spacial score (nSPS) is 10.4. The Hall–Kier alpha value is -1.19. The standard InChI is InChI=1S/C11H11Cl2N3/c1-16-5-4-9(15-16)7-14-11-3-2-8(12)6-10(11)13/h2-6,14H,7H2,1H3. The number of halogens is 2. The van der Waals surface area contributed by atoms with Crippen molar-refractivity contribution in [3.05, 3.63) is 46.2 Å². The minimum atomic E-state index is 0.614. The molecule has 0 amide bonds. The summed E-state index contributed by atoms with van der Waals surface area (Å²) in [6.07, 6.45) is 1.90. The molecule has 1 aromatic heterocycles. The molecule has 16 heavy (non-hydrogen) atoms. The van der Waals surface area contributed by atoms with Crippen LogP contribution in [0.2, 0.25) is 10.0 Å². The number of aryl methyl sites for hydroxylation is 1. The first kappa shape index (κ1) is 11.3. The van der Waals surface area contributed by atoms with Gasteiger partial charge in [0.2, 0.25) is 0 Å². The van der Waals surface area contributed by atoms with Gasteiger partial charge in [-0.1, -0.05) is 23.2 Å². The summed E-state index contributed by atoms with van der Waals surface area (Å²) in [4.78, 5) is 0. The van der Waals surface area contributed by atoms with Gasteiger partial charge in [-0.15, -0.1) is 0 Å². The number of benzene rings is 1. The monoisotopic (exact) mass is 255 g/mol. The Labute approximate surface area is 104 Å². The average molecular weight is 256 g/mol. The van der Waals surface area contributed by atoms with Crippen LogP contribution in [0.3, 0.4) is 0 Å². The molecule has 1 heterocycles. The quantitative estimate of drug-likeness (QED) is 0.912. The molecule has 0 spiro atoms. The fourth-order valence-corrected chi connectivity index (χ4v) is 1.85. The molecule has 1 aromatic carbocycles. The Morgan fingerprint density at radius 3 is 2.75 bits per heavy atom. The van der Waals surface area contributed by atoms with Crippen LogP contribution in [0.5, 0.6) is 0 Å². The molecule has 0 aliphatic heterocycles. The van der Waals surface area contributed by atoms with Gasteiger partial charge in [0.15, 0.2) is 0 Å². The molecule has 0 fully saturated rings. The zero-order valence-corrected chi connectivity index (χ0v) is 10.3. The van der Waals surface area contributed by atoms with E-state index in [2.05, 4.69) is 10.4 Å². The van der Waals surface area contributed by atoms with E-state index in [1.54, 1.807) is 16.8 Å². The Morgan fingerprint density at radius 2 is 2.12 bits per heavy atom. The second kappa shape index (κ2) is 4.76. The summed E-state index contributed by atoms with van der Waals surface area (Å²) >= 11 is 11.8. The first-order chi connectivity index (χ1) is 7.65. The topological polar surface area (TPSA) is 29.9 Å². The summed E-state index contributed by atoms with van der Waals surface area (Å²) in [6.45, 7) is 0.641. The number of aromatic nitrogens is 2. The SMILES string of the molecule is Cn1ccc(CNc2ccc(Cl)cc2Cl)n1. The summed E-state index contributed by atoms with van der Waals surface area (Å²) < 4.78 is 1.76. The van der Waals surface area contributed by atoms with E-state index in [4.69, 9.17) is 23.2 Å². The predicted octanol–water partition coefficient (Wildman–Crippen LogP) is 3.34. The summed E-state index contributed by atoms with van der Waals surface area (Å²) in [5.74, 6) is 0. The molecule has 5 heteroatoms. The molecule has 84 valence electrons. The van der Waals surface area contributed by atoms with Crippen LogP contribution >= 0.6 is 23.2 Å². The lowest BCUT2D eigenvalue weighted by Crippen LogP contribution is -2.01. The van der Waals surface area contributed by atoms with Crippen molar-refractivity contribution in [2.45, 2.75) is 6.54 Å². The summed E-state index contributed by atoms with van der Waals surface area (Å²) in [7, 11) is 1.89. The summed E-state index contributed by atoms with van der Waals surface area (Å²) in [5.41, 5.74) is 1.82. The number of rotatable bonds is 3. The van der Waals surface area contributed by atoms with Gasteiger partial charge >= 0.3 is 0 Å². The average Bonchev–Trinajstić information content (AvgIpc) is 2.63. The largest absolute Gasteiger partial charge is 0.378 e. The second-order valence-corrected chi connectivity index (χ2v) is 4.30. The highest BCUT2D eigenvalue weighted by atomic mass is 35.5. The van der Waals surface area contributed by atoms with E-state index in [9.17, 15) is 0 Å². The maximum Gasteiger partial charge on any atom is 0.0815 e. The van der Waals surface area contributed by atoms with Gasteiger partial charge in [-0.2, -0.15) is 5.10 Å². The van der Waals surface area contributed by atoms with Gasteiger partial charge in [-0.3, -0.25) is 4.68 Å². The molecule has 3 nitrogen and oxygen atoms in total. The van der Waals surface area contributed by atoms with Crippen molar-refractivity contribution in [3.8, 4) is 0 Å². The van der Waals surface area contributed by atoms with E-state index in [1.165, 1.54) is 0 Å². The van der Waals surface area contributed by atoms with E-state index < -0.39 is 0 Å². The first-order valence-corrected chi connectivity index (χ1v) is 5.58. The van der Waals surface area contributed by atoms with Crippen molar-refractivity contribution < 1.29 is 0 Å². The molecule has 0 atom stereocenters. The minimum absolute atomic E-state index is 0.614. The second-order valence-electron chi connectivity index (χ2n) is 3.46. The van der Waals surface area contributed by atoms with E-state index in [0.717, 1.165) is 11.4 Å². The van der Waals surface area contributed by atoms with Crippen LogP contribution in [-0.4, -0.2) is 9.78 Å². The molecule has 0 bridgehead atoms. The van der Waals surface area contributed by atoms with Gasteiger partial charge in [0, 0.05) is 18.3 Å². The maximum atomic E-state index is 6.03. The van der Waals surface area contributed by atoms with Gasteiger partial charge in [0.1, 0.15) is 0 Å². The molecule has 0 unspecified atom stereocenters. The Kier molecular flexibility index (Phi) is 3.36. The van der Waals surface area contributed by atoms with Gasteiger partial charge in [-0.05, 0) is 24.3 Å². The molecule has 0 aliphatic rings. The van der Waals surface area contributed by atoms with Gasteiger partial charge in [0.05, 0.1) is 22.9 Å². The molecule has 2 aromatic rings. The lowest BCUT2D eigenvalue weighted by atomic mass is 10.3. The molecular weight excluding hydrogens is 245 g/mol. The van der Waals surface area contributed by atoms with Crippen LogP contribution < -0.4 is 5.32 Å². The van der Waals surface area contributed by atoms with Crippen molar-refractivity contribution >= 4 is 28.9 Å². The third-order valence-electron chi connectivity index (χ3n) is 2.16. The lowest BCUT2D eigenvalue weighted by molar-refractivity contribution is 0.747. The summed E-state index contributed by atoms with van der Waals surface area (Å²) in [6, 6.07) is 7.32. The van der Waals surface area contributed by atoms with Gasteiger partial charge < -0.3 is 5.32 Å². The van der Waals surface area contributed by atoms with Crippen LogP contribution in [-0.2, 0) is 13.6 Å². The third-order valence-corrected chi connectivity index (χ3v) is 2.71. The van der Waals surface area contributed by atoms with Crippen molar-refractivity contribution in [1.29, 1.82) is 0 Å². The molecule has 0 saturated heterocycles. The Morgan fingerprint density at radius 1 is 1.31 bits per heavy atom. The smallest absolute Gasteiger partial charge is 0.0815 e. The third kappa shape index (κ3) is 2.68. The lowest BCUT2D eigenvalue weighted by Gasteiger charge is -2.06. The zero-order chi connectivity index (χ0) is 11.5. The highest BCUT2D eigenvalue weighted by Gasteiger charge is 2.02. The number of nitrogens with zero attached hydrogens (tertiary/aromatic N) is 2. The highest BCUT2D eigenvalue weighted by Crippen LogP contribution is 2.25. The van der Waals surface area contributed by atoms with Crippen molar-refractivity contribution in [3.63, 3.8) is 0 Å². The molecule has 0 radical (unpaired) electrons. The van der Waals surface area contributed by atoms with Crippen LogP contribution in [0.25, 0.3) is 0 Å². The molecule has 1 N–H and O–H groups in total. The zero-order valence-electron chi connectivity index (χ0n) is 8.74. The molecular formula is C11H11Cl2N3. The number of anilines is 1. The van der Waals surface area contributed by atoms with Crippen molar-refractivity contribution in [1.82, 2.24) is 9.78 Å². The van der Waals surface area contributed by atoms with E-state index in [-0.39, 0.29) is 0 Å². The van der Waals surface area contributed by atoms with Crippen molar-refractivity contribution in [2.75, 3.05) is 5.32 Å². The molecule has 2 rings (SSSR count). The van der Waals surface area contributed by atoms with E-state index in [1.807, 2.05) is 25.4 Å². The van der Waals surface area contributed by atoms with Crippen LogP contribution in [0.1, 0.15) is 5.69 Å². The number of hydrogen-bond acceptors (Lipinski definition) is 2. The van der Waals surface area contributed by atoms with Gasteiger partial charge in [-0.25, -0.2) is 0 Å². The molecule has 0 aliphatic carbocycles. The van der Waals surface area contributed by atoms with Crippen molar-refractivity contribution in [2.24, 2.45) is 7.05 Å². The number of nitrogens with one attached hydrogen (secondary N) is 1. The Bertz CT molecular complexity index is 494. The van der Waals surface area contributed by atoms with Crippen LogP contribution in [0.4, 0.5) is 5.69 Å². The summed E-state index contributed by atoms with van der Waals surface area (Å²) in [5, 5.41) is 8.71. The fourth-order valence-electron chi connectivity index (χ4n) is 1.38. The van der Waals surface area contributed by atoms with E-state index >= 15 is 0 Å². The first-order valence-electron chi connectivity index (χ1n) is 4.82. The van der Waals surface area contributed by atoms with E-state index in [0.29, 0.717) is 16.6 Å². The van der Waals surface area contributed by atoms with Crippen LogP contribution in [0, 0.1) is 0 Å². The van der Waals surface area contributed by atoms with Gasteiger partial charge in [0.25, 0.3) is 0 Å². The highest BCUT2D eigenvalue weighted by molar-refractivity contribution is 6.36. The Balaban J connectivity index is 2.04. The fraction of sp³-hybridized carbons (Fsp3) is 0.182. The predicted molar refractivity (Wildman–Crippen MR) is 67.0 cm³/mol. The number of hydrogen-bond donors (Lipinski definition) is 1. The molecule has 0 saturated carbocycles. The maximum absolute atomic E-state index is 6.03.